The topological polar surface area (TPSA) is 61.5 Å². The zero-order valence-electron chi connectivity index (χ0n) is 8.24. The van der Waals surface area contributed by atoms with Crippen LogP contribution < -0.4 is 15.2 Å². The summed E-state index contributed by atoms with van der Waals surface area (Å²) in [4.78, 5) is 10.6. The first-order valence-corrected chi connectivity index (χ1v) is 4.17. The third-order valence-corrected chi connectivity index (χ3v) is 1.93. The molecule has 4 heteroatoms. The number of aldehydes is 1. The summed E-state index contributed by atoms with van der Waals surface area (Å²) in [5.74, 6) is 1.11. The second-order valence-electron chi connectivity index (χ2n) is 2.74. The maximum atomic E-state index is 10.6. The summed E-state index contributed by atoms with van der Waals surface area (Å²) in [5.41, 5.74) is 6.81. The number of benzene rings is 1. The Hall–Kier alpha value is -1.55. The second-order valence-corrected chi connectivity index (χ2v) is 2.74. The van der Waals surface area contributed by atoms with Gasteiger partial charge >= 0.3 is 0 Å². The number of carbonyl (C=O) groups excluding carboxylic acids is 1. The molecule has 0 saturated carbocycles. The predicted molar refractivity (Wildman–Crippen MR) is 52.8 cm³/mol. The number of methoxy groups -OCH3 is 2. The number of hydrogen-bond donors (Lipinski definition) is 1. The largest absolute Gasteiger partial charge is 0.493 e. The average Bonchev–Trinajstić information content (AvgIpc) is 2.26. The Labute approximate surface area is 82.6 Å². The van der Waals surface area contributed by atoms with E-state index in [2.05, 4.69) is 0 Å². The molecule has 0 spiro atoms. The quantitative estimate of drug-likeness (QED) is 0.727. The fraction of sp³-hybridized carbons (Fsp3) is 0.300. The lowest BCUT2D eigenvalue weighted by Gasteiger charge is -2.12. The first kappa shape index (κ1) is 10.5. The molecule has 4 nitrogen and oxygen atoms in total. The van der Waals surface area contributed by atoms with E-state index in [1.54, 1.807) is 12.1 Å². The Morgan fingerprint density at radius 3 is 2.50 bits per heavy atom. The summed E-state index contributed by atoms with van der Waals surface area (Å²) in [6.45, 7) is 0.307. The van der Waals surface area contributed by atoms with Crippen molar-refractivity contribution >= 4 is 6.29 Å². The van der Waals surface area contributed by atoms with E-state index in [1.165, 1.54) is 14.2 Å². The molecule has 0 heterocycles. The van der Waals surface area contributed by atoms with Crippen LogP contribution in [-0.2, 0) is 6.54 Å². The molecule has 0 aliphatic rings. The molecule has 0 aliphatic carbocycles. The molecule has 0 atom stereocenters. The van der Waals surface area contributed by atoms with Crippen LogP contribution >= 0.6 is 0 Å². The minimum atomic E-state index is 0.307. The van der Waals surface area contributed by atoms with Gasteiger partial charge in [0.05, 0.1) is 14.2 Å². The van der Waals surface area contributed by atoms with E-state index >= 15 is 0 Å². The van der Waals surface area contributed by atoms with Crippen molar-refractivity contribution in [1.29, 1.82) is 0 Å². The summed E-state index contributed by atoms with van der Waals surface area (Å²) < 4.78 is 10.2. The van der Waals surface area contributed by atoms with Crippen LogP contribution in [0.1, 0.15) is 15.9 Å². The van der Waals surface area contributed by atoms with Gasteiger partial charge in [0.1, 0.15) is 6.29 Å². The normalized spacial score (nSPS) is 9.64. The highest BCUT2D eigenvalue weighted by atomic mass is 16.5. The lowest BCUT2D eigenvalue weighted by molar-refractivity contribution is 0.112. The minimum Gasteiger partial charge on any atom is -0.493 e. The highest BCUT2D eigenvalue weighted by Crippen LogP contribution is 2.31. The SMILES string of the molecule is COc1cc(C=O)cc(CN)c1OC. The molecule has 0 saturated heterocycles. The Morgan fingerprint density at radius 1 is 1.36 bits per heavy atom. The molecule has 76 valence electrons. The molecule has 1 rings (SSSR count). The number of rotatable bonds is 4. The monoisotopic (exact) mass is 195 g/mol. The van der Waals surface area contributed by atoms with Crippen LogP contribution in [0.4, 0.5) is 0 Å². The van der Waals surface area contributed by atoms with Crippen LogP contribution in [0.2, 0.25) is 0 Å². The number of ether oxygens (including phenoxy) is 2. The van der Waals surface area contributed by atoms with E-state index < -0.39 is 0 Å². The first-order valence-electron chi connectivity index (χ1n) is 4.17. The smallest absolute Gasteiger partial charge is 0.165 e. The Morgan fingerprint density at radius 2 is 2.07 bits per heavy atom. The van der Waals surface area contributed by atoms with Crippen molar-refractivity contribution < 1.29 is 14.3 Å². The van der Waals surface area contributed by atoms with Gasteiger partial charge in [-0.1, -0.05) is 0 Å². The van der Waals surface area contributed by atoms with Crippen LogP contribution in [0.3, 0.4) is 0 Å². The van der Waals surface area contributed by atoms with Gasteiger partial charge in [0, 0.05) is 17.7 Å². The predicted octanol–water partition coefficient (Wildman–Crippen LogP) is 0.975. The van der Waals surface area contributed by atoms with E-state index in [-0.39, 0.29) is 0 Å². The van der Waals surface area contributed by atoms with Crippen LogP contribution in [0.5, 0.6) is 11.5 Å². The zero-order valence-corrected chi connectivity index (χ0v) is 8.24. The van der Waals surface area contributed by atoms with Crippen molar-refractivity contribution in [3.05, 3.63) is 23.3 Å². The lowest BCUT2D eigenvalue weighted by Crippen LogP contribution is -2.03. The third-order valence-electron chi connectivity index (χ3n) is 1.93. The van der Waals surface area contributed by atoms with Gasteiger partial charge in [-0.15, -0.1) is 0 Å². The highest BCUT2D eigenvalue weighted by molar-refractivity contribution is 5.77. The lowest BCUT2D eigenvalue weighted by atomic mass is 10.1. The second kappa shape index (κ2) is 4.62. The molecule has 0 unspecified atom stereocenters. The Balaban J connectivity index is 3.31. The summed E-state index contributed by atoms with van der Waals surface area (Å²) in [7, 11) is 3.06. The molecule has 0 bridgehead atoms. The van der Waals surface area contributed by atoms with Gasteiger partial charge in [0.2, 0.25) is 0 Å². The van der Waals surface area contributed by atoms with Crippen molar-refractivity contribution in [2.24, 2.45) is 5.73 Å². The molecule has 1 aromatic carbocycles. The summed E-state index contributed by atoms with van der Waals surface area (Å²) in [6, 6.07) is 3.30. The van der Waals surface area contributed by atoms with E-state index in [0.29, 0.717) is 23.6 Å². The molecular formula is C10H13NO3. The van der Waals surface area contributed by atoms with Crippen molar-refractivity contribution in [3.63, 3.8) is 0 Å². The van der Waals surface area contributed by atoms with Crippen LogP contribution in [0.25, 0.3) is 0 Å². The molecule has 0 radical (unpaired) electrons. The first-order chi connectivity index (χ1) is 6.76. The fourth-order valence-corrected chi connectivity index (χ4v) is 1.29. The van der Waals surface area contributed by atoms with E-state index in [9.17, 15) is 4.79 Å². The van der Waals surface area contributed by atoms with Crippen molar-refractivity contribution in [2.45, 2.75) is 6.54 Å². The molecule has 2 N–H and O–H groups in total. The maximum Gasteiger partial charge on any atom is 0.165 e. The number of nitrogens with two attached hydrogens (primary N) is 1. The maximum absolute atomic E-state index is 10.6. The van der Waals surface area contributed by atoms with Crippen LogP contribution in [-0.4, -0.2) is 20.5 Å². The highest BCUT2D eigenvalue weighted by Gasteiger charge is 2.10. The molecule has 0 aromatic heterocycles. The van der Waals surface area contributed by atoms with Crippen molar-refractivity contribution in [3.8, 4) is 11.5 Å². The van der Waals surface area contributed by atoms with Gasteiger partial charge in [-0.2, -0.15) is 0 Å². The van der Waals surface area contributed by atoms with Gasteiger partial charge in [0.25, 0.3) is 0 Å². The van der Waals surface area contributed by atoms with Gasteiger partial charge in [-0.25, -0.2) is 0 Å². The zero-order chi connectivity index (χ0) is 10.6. The van der Waals surface area contributed by atoms with Crippen LogP contribution in [0.15, 0.2) is 12.1 Å². The van der Waals surface area contributed by atoms with E-state index in [1.807, 2.05) is 0 Å². The fourth-order valence-electron chi connectivity index (χ4n) is 1.29. The summed E-state index contributed by atoms with van der Waals surface area (Å²) in [5, 5.41) is 0. The molecule has 14 heavy (non-hydrogen) atoms. The molecule has 1 aromatic rings. The van der Waals surface area contributed by atoms with Gasteiger partial charge in [0.15, 0.2) is 11.5 Å². The standard InChI is InChI=1S/C10H13NO3/c1-13-9-4-7(6-12)3-8(5-11)10(9)14-2/h3-4,6H,5,11H2,1-2H3. The van der Waals surface area contributed by atoms with Crippen LogP contribution in [0, 0.1) is 0 Å². The van der Waals surface area contributed by atoms with Crippen molar-refractivity contribution in [2.75, 3.05) is 14.2 Å². The van der Waals surface area contributed by atoms with Gasteiger partial charge in [-0.3, -0.25) is 4.79 Å². The Bertz CT molecular complexity index is 311. The number of carbonyl (C=O) groups is 1. The number of hydrogen-bond acceptors (Lipinski definition) is 4. The average molecular weight is 195 g/mol. The van der Waals surface area contributed by atoms with E-state index in [0.717, 1.165) is 11.8 Å². The Kier molecular flexibility index (Phi) is 3.48. The summed E-state index contributed by atoms with van der Waals surface area (Å²) >= 11 is 0. The minimum absolute atomic E-state index is 0.307. The molecule has 0 fully saturated rings. The van der Waals surface area contributed by atoms with E-state index in [4.69, 9.17) is 15.2 Å². The molecular weight excluding hydrogens is 182 g/mol. The van der Waals surface area contributed by atoms with Gasteiger partial charge in [-0.05, 0) is 12.1 Å². The summed E-state index contributed by atoms with van der Waals surface area (Å²) in [6.07, 6.45) is 0.751. The third kappa shape index (κ3) is 1.85. The van der Waals surface area contributed by atoms with Gasteiger partial charge < -0.3 is 15.2 Å². The van der Waals surface area contributed by atoms with Crippen molar-refractivity contribution in [1.82, 2.24) is 0 Å². The molecule has 0 aliphatic heterocycles. The molecule has 0 amide bonds.